The molecule has 14 nitrogen and oxygen atoms in total. The summed E-state index contributed by atoms with van der Waals surface area (Å²) in [6, 6.07) is 16.3. The number of Topliss-reactive ketones (excluding diaryl/α,β-unsaturated/α-hetero) is 1. The number of halogens is 2. The van der Waals surface area contributed by atoms with Gasteiger partial charge in [-0.1, -0.05) is 83.8 Å². The Morgan fingerprint density at radius 1 is 1.00 bits per heavy atom. The summed E-state index contributed by atoms with van der Waals surface area (Å²) in [4.78, 5) is 66.1. The standard InChI is InChI=1S/C51H63Cl2N7O7/c1-31(2)45(48(65)59-30-37(61)23-40(59)46(63)56-27-33-8-12-36(52)13-9-33)60-29-32(3)22-42(47(60)64)66-21-20-57-16-18-58(19-17-57)44-15-11-35(28-55-44)41(62)25-43-50(4,5)49(51(43,6)7)67-38-14-10-34(26-54)39(53)24-38/h8-15,24,28-29,31-32,37,40,42-43,45,49,61H,16-23,25,27,30H2,1-7H3/p+1/t32?,37-,40+,42+,43?,45+,49?/m1/s1. The van der Waals surface area contributed by atoms with E-state index in [1.165, 1.54) is 9.48 Å². The minimum Gasteiger partial charge on any atom is -0.489 e. The van der Waals surface area contributed by atoms with Crippen LogP contribution >= 0.6 is 23.2 Å². The number of ether oxygens (including phenoxy) is 2. The van der Waals surface area contributed by atoms with Gasteiger partial charge in [-0.2, -0.15) is 9.84 Å². The quantitative estimate of drug-likeness (QED) is 0.120. The minimum atomic E-state index is -0.872. The highest BCUT2D eigenvalue weighted by molar-refractivity contribution is 6.31. The van der Waals surface area contributed by atoms with Crippen molar-refractivity contribution in [1.82, 2.24) is 20.1 Å². The molecule has 5 atom stereocenters. The van der Waals surface area contributed by atoms with Crippen molar-refractivity contribution in [3.05, 3.63) is 87.5 Å². The first-order valence-corrected chi connectivity index (χ1v) is 24.2. The lowest BCUT2D eigenvalue weighted by Crippen LogP contribution is -2.66. The monoisotopic (exact) mass is 956 g/mol. The maximum absolute atomic E-state index is 14.3. The zero-order chi connectivity index (χ0) is 48.4. The first-order valence-electron chi connectivity index (χ1n) is 23.4. The van der Waals surface area contributed by atoms with E-state index in [2.05, 4.69) is 48.9 Å². The molecule has 2 saturated heterocycles. The van der Waals surface area contributed by atoms with Crippen LogP contribution < -0.4 is 15.0 Å². The van der Waals surface area contributed by atoms with Gasteiger partial charge in [0, 0.05) is 104 Å². The van der Waals surface area contributed by atoms with E-state index < -0.39 is 24.3 Å². The number of aliphatic hydroxyl groups excluding tert-OH is 1. The van der Waals surface area contributed by atoms with Gasteiger partial charge >= 0.3 is 5.91 Å². The molecule has 1 unspecified atom stereocenters. The van der Waals surface area contributed by atoms with E-state index in [1.807, 2.05) is 51.3 Å². The number of anilines is 1. The molecule has 1 aliphatic carbocycles. The van der Waals surface area contributed by atoms with E-state index >= 15 is 0 Å². The van der Waals surface area contributed by atoms with Gasteiger partial charge in [0.25, 0.3) is 5.91 Å². The number of pyridine rings is 1. The Hall–Kier alpha value is -4.91. The highest BCUT2D eigenvalue weighted by atomic mass is 35.5. The van der Waals surface area contributed by atoms with Gasteiger partial charge in [0.15, 0.2) is 18.1 Å². The van der Waals surface area contributed by atoms with Crippen LogP contribution in [-0.4, -0.2) is 130 Å². The smallest absolute Gasteiger partial charge is 0.416 e. The highest BCUT2D eigenvalue weighted by Crippen LogP contribution is 2.61. The second-order valence-electron chi connectivity index (χ2n) is 20.2. The number of β-amino-alcohol motifs (C(OH)–C–C–N with tert-alkyl or cyclic N) is 1. The van der Waals surface area contributed by atoms with Gasteiger partial charge in [0.2, 0.25) is 11.9 Å². The van der Waals surface area contributed by atoms with E-state index in [9.17, 15) is 29.5 Å². The summed E-state index contributed by atoms with van der Waals surface area (Å²) in [5.74, 6) is 0.185. The number of benzene rings is 2. The van der Waals surface area contributed by atoms with Crippen molar-refractivity contribution in [1.29, 1.82) is 5.26 Å². The summed E-state index contributed by atoms with van der Waals surface area (Å²) in [5, 5.41) is 23.7. The van der Waals surface area contributed by atoms with Crippen LogP contribution in [0.1, 0.15) is 89.2 Å². The molecule has 3 amide bonds. The van der Waals surface area contributed by atoms with E-state index in [0.717, 1.165) is 37.6 Å². The van der Waals surface area contributed by atoms with Crippen LogP contribution in [0, 0.1) is 39.9 Å². The Labute approximate surface area is 404 Å². The van der Waals surface area contributed by atoms with Crippen LogP contribution in [0.3, 0.4) is 0 Å². The van der Waals surface area contributed by atoms with Gasteiger partial charge in [-0.25, -0.2) is 9.78 Å². The SMILES string of the molecule is CC1C=[N+]([C@H](C(=O)N2C[C@H](O)C[C@H]2C(=O)NCc2ccc(Cl)cc2)C(C)C)C(=O)[C@@H](OCCN2CCN(c3ccc(C(=O)CC4C(C)(C)C(Oc5ccc(C#N)c(Cl)c5)C4(C)C)cn3)CC2)C1. The number of hydrogen-bond donors (Lipinski definition) is 2. The molecule has 67 heavy (non-hydrogen) atoms. The van der Waals surface area contributed by atoms with Crippen LogP contribution in [0.5, 0.6) is 5.75 Å². The molecule has 4 heterocycles. The molecule has 0 bridgehead atoms. The molecule has 2 N–H and O–H groups in total. The molecular formula is C51H64Cl2N7O7+. The van der Waals surface area contributed by atoms with Crippen LogP contribution in [0.2, 0.25) is 10.0 Å². The zero-order valence-corrected chi connectivity index (χ0v) is 41.1. The molecular weight excluding hydrogens is 894 g/mol. The van der Waals surface area contributed by atoms with Crippen LogP contribution in [0.15, 0.2) is 60.8 Å². The minimum absolute atomic E-state index is 0.00282. The maximum Gasteiger partial charge on any atom is 0.416 e. The van der Waals surface area contributed by atoms with Crippen molar-refractivity contribution in [2.75, 3.05) is 50.8 Å². The molecule has 4 aliphatic rings. The number of piperazine rings is 1. The number of carbonyl (C=O) groups excluding carboxylic acids is 4. The largest absolute Gasteiger partial charge is 0.489 e. The van der Waals surface area contributed by atoms with Crippen molar-refractivity contribution in [2.45, 2.75) is 105 Å². The van der Waals surface area contributed by atoms with Gasteiger partial charge in [0.05, 0.1) is 23.3 Å². The molecule has 0 radical (unpaired) electrons. The normalized spacial score (nSPS) is 25.2. The molecule has 0 spiro atoms. The number of nitriles is 1. The van der Waals surface area contributed by atoms with Crippen LogP contribution in [0.4, 0.5) is 5.82 Å². The third-order valence-electron chi connectivity index (χ3n) is 14.3. The maximum atomic E-state index is 14.3. The fourth-order valence-electron chi connectivity index (χ4n) is 10.9. The molecule has 3 fully saturated rings. The molecule has 2 aromatic carbocycles. The zero-order valence-electron chi connectivity index (χ0n) is 39.6. The van der Waals surface area contributed by atoms with Crippen molar-refractivity contribution < 1.29 is 38.3 Å². The third-order valence-corrected chi connectivity index (χ3v) is 14.9. The molecule has 1 saturated carbocycles. The number of nitrogens with zero attached hydrogens (tertiary/aromatic N) is 6. The van der Waals surface area contributed by atoms with Crippen LogP contribution in [-0.2, 0) is 25.7 Å². The fourth-order valence-corrected chi connectivity index (χ4v) is 11.2. The third kappa shape index (κ3) is 11.0. The average molecular weight is 958 g/mol. The number of nitrogens with one attached hydrogen (secondary N) is 1. The topological polar surface area (TPSA) is 168 Å². The average Bonchev–Trinajstić information content (AvgIpc) is 3.70. The second-order valence-corrected chi connectivity index (χ2v) is 21.0. The summed E-state index contributed by atoms with van der Waals surface area (Å²) < 4.78 is 14.2. The number of rotatable bonds is 16. The predicted octanol–water partition coefficient (Wildman–Crippen LogP) is 6.42. The van der Waals surface area contributed by atoms with Gasteiger partial charge in [0.1, 0.15) is 29.8 Å². The Morgan fingerprint density at radius 3 is 2.33 bits per heavy atom. The summed E-state index contributed by atoms with van der Waals surface area (Å²) in [7, 11) is 0. The summed E-state index contributed by atoms with van der Waals surface area (Å²) >= 11 is 12.3. The number of likely N-dealkylation sites (tertiary alicyclic amines) is 1. The summed E-state index contributed by atoms with van der Waals surface area (Å²) in [5.41, 5.74) is 1.25. The lowest BCUT2D eigenvalue weighted by atomic mass is 9.44. The van der Waals surface area contributed by atoms with Crippen LogP contribution in [0.25, 0.3) is 0 Å². The van der Waals surface area contributed by atoms with Gasteiger partial charge in [-0.05, 0) is 54.3 Å². The Balaban J connectivity index is 0.874. The summed E-state index contributed by atoms with van der Waals surface area (Å²) in [6.45, 7) is 18.5. The number of hydrogen-bond acceptors (Lipinski definition) is 11. The Kier molecular flexibility index (Phi) is 15.5. The van der Waals surface area contributed by atoms with Crippen molar-refractivity contribution in [3.63, 3.8) is 0 Å². The van der Waals surface area contributed by atoms with E-state index in [0.29, 0.717) is 52.9 Å². The van der Waals surface area contributed by atoms with Crippen molar-refractivity contribution in [3.8, 4) is 11.8 Å². The lowest BCUT2D eigenvalue weighted by molar-refractivity contribution is -0.491. The Bertz CT molecular complexity index is 2360. The van der Waals surface area contributed by atoms with Gasteiger partial charge < -0.3 is 29.7 Å². The predicted molar refractivity (Wildman–Crippen MR) is 256 cm³/mol. The van der Waals surface area contributed by atoms with Gasteiger partial charge in [-0.3, -0.25) is 19.3 Å². The molecule has 16 heteroatoms. The number of carbonyl (C=O) groups is 4. The van der Waals surface area contributed by atoms with E-state index in [1.54, 1.807) is 36.5 Å². The summed E-state index contributed by atoms with van der Waals surface area (Å²) in [6.07, 6.45) is 2.70. The number of aromatic nitrogens is 1. The second kappa shape index (κ2) is 20.8. The molecule has 3 aromatic rings. The first kappa shape index (κ1) is 50.0. The first-order chi connectivity index (χ1) is 31.8. The molecule has 358 valence electrons. The van der Waals surface area contributed by atoms with Gasteiger partial charge in [-0.15, -0.1) is 0 Å². The number of aliphatic hydroxyl groups is 1. The van der Waals surface area contributed by atoms with E-state index in [4.69, 9.17) is 37.7 Å². The van der Waals surface area contributed by atoms with Crippen molar-refractivity contribution >= 4 is 58.7 Å². The lowest BCUT2D eigenvalue weighted by Gasteiger charge is -2.63. The molecule has 7 rings (SSSR count). The number of amides is 3. The van der Waals surface area contributed by atoms with E-state index in [-0.39, 0.29) is 77.7 Å². The fraction of sp³-hybridized carbons (Fsp3) is 0.549. The Morgan fingerprint density at radius 2 is 1.70 bits per heavy atom. The molecule has 3 aliphatic heterocycles. The van der Waals surface area contributed by atoms with Crippen molar-refractivity contribution in [2.24, 2.45) is 28.6 Å². The highest BCUT2D eigenvalue weighted by Gasteiger charge is 2.63. The number of ketones is 1. The molecule has 1 aromatic heterocycles.